The summed E-state index contributed by atoms with van der Waals surface area (Å²) in [5.74, 6) is 0. The van der Waals surface area contributed by atoms with Crippen LogP contribution < -0.4 is 0 Å². The highest BCUT2D eigenvalue weighted by molar-refractivity contribution is 5.70. The van der Waals surface area contributed by atoms with E-state index in [4.69, 9.17) is 0 Å². The molecule has 0 spiro atoms. The molecule has 3 heteroatoms. The summed E-state index contributed by atoms with van der Waals surface area (Å²) in [7, 11) is 1.97. The van der Waals surface area contributed by atoms with E-state index in [0.29, 0.717) is 0 Å². The maximum Gasteiger partial charge on any atom is 0.177 e. The normalized spacial score (nSPS) is 10.8. The van der Waals surface area contributed by atoms with Crippen LogP contribution >= 0.6 is 0 Å². The van der Waals surface area contributed by atoms with Crippen LogP contribution in [0, 0.1) is 0 Å². The van der Waals surface area contributed by atoms with Crippen LogP contribution in [0.25, 0.3) is 11.2 Å². The van der Waals surface area contributed by atoms with Gasteiger partial charge in [0.05, 0.1) is 11.8 Å². The molecule has 0 aliphatic heterocycles. The van der Waals surface area contributed by atoms with Gasteiger partial charge in [0.25, 0.3) is 0 Å². The maximum atomic E-state index is 4.38. The summed E-state index contributed by atoms with van der Waals surface area (Å²) in [6.07, 6.45) is 2.75. The molecule has 0 unspecified atom stereocenters. The molecular weight excluding hydrogens is 150 g/mol. The van der Waals surface area contributed by atoms with Crippen LogP contribution in [0.4, 0.5) is 0 Å². The second kappa shape index (κ2) is 2.59. The summed E-state index contributed by atoms with van der Waals surface area (Å²) in [6.45, 7) is 2.09. The fraction of sp³-hybridized carbons (Fsp3) is 0.333. The molecule has 12 heavy (non-hydrogen) atoms. The number of imidazole rings is 1. The van der Waals surface area contributed by atoms with E-state index < -0.39 is 0 Å². The Morgan fingerprint density at radius 2 is 2.25 bits per heavy atom. The molecular formula is C9H11N3. The Morgan fingerprint density at radius 3 is 3.00 bits per heavy atom. The van der Waals surface area contributed by atoms with Crippen LogP contribution in [0.3, 0.4) is 0 Å². The van der Waals surface area contributed by atoms with Gasteiger partial charge in [-0.1, -0.05) is 6.92 Å². The van der Waals surface area contributed by atoms with Crippen LogP contribution in [-0.2, 0) is 13.5 Å². The molecule has 0 saturated carbocycles. The SMILES string of the molecule is CCc1ccc2c(ncn2C)n1. The van der Waals surface area contributed by atoms with Gasteiger partial charge in [-0.25, -0.2) is 9.97 Å². The molecule has 3 nitrogen and oxygen atoms in total. The summed E-state index contributed by atoms with van der Waals surface area (Å²) in [6, 6.07) is 4.11. The molecule has 0 aliphatic carbocycles. The molecule has 0 fully saturated rings. The van der Waals surface area contributed by atoms with E-state index in [1.54, 1.807) is 6.33 Å². The highest BCUT2D eigenvalue weighted by Crippen LogP contribution is 2.09. The third-order valence-electron chi connectivity index (χ3n) is 2.01. The predicted octanol–water partition coefficient (Wildman–Crippen LogP) is 1.53. The lowest BCUT2D eigenvalue weighted by Crippen LogP contribution is -1.88. The number of pyridine rings is 1. The Kier molecular flexibility index (Phi) is 1.57. The van der Waals surface area contributed by atoms with E-state index in [1.165, 1.54) is 0 Å². The van der Waals surface area contributed by atoms with Crippen molar-refractivity contribution in [2.75, 3.05) is 0 Å². The Bertz CT molecular complexity index is 403. The predicted molar refractivity (Wildman–Crippen MR) is 47.9 cm³/mol. The van der Waals surface area contributed by atoms with Crippen molar-refractivity contribution in [3.05, 3.63) is 24.2 Å². The zero-order valence-electron chi connectivity index (χ0n) is 7.28. The van der Waals surface area contributed by atoms with Crippen LogP contribution in [0.2, 0.25) is 0 Å². The minimum atomic E-state index is 0.844. The molecule has 0 atom stereocenters. The minimum absolute atomic E-state index is 0.844. The maximum absolute atomic E-state index is 4.38. The standard InChI is InChI=1S/C9H11N3/c1-3-7-4-5-8-9(11-7)10-6-12(8)2/h4-6H,3H2,1-2H3. The Morgan fingerprint density at radius 1 is 1.42 bits per heavy atom. The summed E-state index contributed by atoms with van der Waals surface area (Å²) < 4.78 is 1.97. The van der Waals surface area contributed by atoms with Gasteiger partial charge in [-0.15, -0.1) is 0 Å². The van der Waals surface area contributed by atoms with E-state index in [0.717, 1.165) is 23.3 Å². The zero-order valence-corrected chi connectivity index (χ0v) is 7.28. The number of aromatic nitrogens is 3. The molecule has 0 saturated heterocycles. The number of rotatable bonds is 1. The van der Waals surface area contributed by atoms with Crippen molar-refractivity contribution in [2.45, 2.75) is 13.3 Å². The summed E-state index contributed by atoms with van der Waals surface area (Å²) in [4.78, 5) is 8.56. The fourth-order valence-electron chi connectivity index (χ4n) is 1.25. The van der Waals surface area contributed by atoms with E-state index in [1.807, 2.05) is 17.7 Å². The van der Waals surface area contributed by atoms with Crippen molar-refractivity contribution in [1.82, 2.24) is 14.5 Å². The van der Waals surface area contributed by atoms with Gasteiger partial charge in [0.1, 0.15) is 0 Å². The first-order valence-electron chi connectivity index (χ1n) is 4.08. The van der Waals surface area contributed by atoms with Crippen molar-refractivity contribution in [2.24, 2.45) is 7.05 Å². The highest BCUT2D eigenvalue weighted by Gasteiger charge is 2.00. The third kappa shape index (κ3) is 0.978. The third-order valence-corrected chi connectivity index (χ3v) is 2.01. The Labute approximate surface area is 71.1 Å². The summed E-state index contributed by atoms with van der Waals surface area (Å²) in [5, 5.41) is 0. The quantitative estimate of drug-likeness (QED) is 0.635. The Balaban J connectivity index is 2.69. The van der Waals surface area contributed by atoms with E-state index >= 15 is 0 Å². The molecule has 0 aromatic carbocycles. The number of aryl methyl sites for hydroxylation is 2. The van der Waals surface area contributed by atoms with Gasteiger partial charge in [-0.3, -0.25) is 0 Å². The average Bonchev–Trinajstić information content (AvgIpc) is 2.47. The molecule has 0 amide bonds. The van der Waals surface area contributed by atoms with Crippen LogP contribution in [0.5, 0.6) is 0 Å². The van der Waals surface area contributed by atoms with Gasteiger partial charge in [-0.05, 0) is 18.6 Å². The van der Waals surface area contributed by atoms with E-state index in [-0.39, 0.29) is 0 Å². The van der Waals surface area contributed by atoms with Crippen molar-refractivity contribution >= 4 is 11.2 Å². The fourth-order valence-corrected chi connectivity index (χ4v) is 1.25. The lowest BCUT2D eigenvalue weighted by atomic mass is 10.3. The largest absolute Gasteiger partial charge is 0.332 e. The van der Waals surface area contributed by atoms with Crippen molar-refractivity contribution in [1.29, 1.82) is 0 Å². The first-order valence-corrected chi connectivity index (χ1v) is 4.08. The lowest BCUT2D eigenvalue weighted by molar-refractivity contribution is 0.947. The number of nitrogens with zero attached hydrogens (tertiary/aromatic N) is 3. The molecule has 2 aromatic heterocycles. The lowest BCUT2D eigenvalue weighted by Gasteiger charge is -1.95. The Hall–Kier alpha value is -1.38. The first-order chi connectivity index (χ1) is 5.81. The molecule has 62 valence electrons. The molecule has 2 heterocycles. The second-order valence-electron chi connectivity index (χ2n) is 2.85. The molecule has 0 bridgehead atoms. The molecule has 0 aliphatic rings. The average molecular weight is 161 g/mol. The first kappa shape index (κ1) is 7.28. The highest BCUT2D eigenvalue weighted by atomic mass is 15.1. The van der Waals surface area contributed by atoms with Crippen molar-refractivity contribution in [3.8, 4) is 0 Å². The molecule has 0 N–H and O–H groups in total. The van der Waals surface area contributed by atoms with Gasteiger partial charge in [0, 0.05) is 12.7 Å². The summed E-state index contributed by atoms with van der Waals surface area (Å²) in [5.41, 5.74) is 3.03. The number of hydrogen-bond acceptors (Lipinski definition) is 2. The van der Waals surface area contributed by atoms with Crippen LogP contribution in [0.15, 0.2) is 18.5 Å². The topological polar surface area (TPSA) is 30.7 Å². The smallest absolute Gasteiger partial charge is 0.177 e. The van der Waals surface area contributed by atoms with Gasteiger partial charge >= 0.3 is 0 Å². The second-order valence-corrected chi connectivity index (χ2v) is 2.85. The number of hydrogen-bond donors (Lipinski definition) is 0. The number of fused-ring (bicyclic) bond motifs is 1. The van der Waals surface area contributed by atoms with E-state index in [9.17, 15) is 0 Å². The summed E-state index contributed by atoms with van der Waals surface area (Å²) >= 11 is 0. The molecule has 2 rings (SSSR count). The monoisotopic (exact) mass is 161 g/mol. The van der Waals surface area contributed by atoms with E-state index in [2.05, 4.69) is 23.0 Å². The van der Waals surface area contributed by atoms with Crippen molar-refractivity contribution < 1.29 is 0 Å². The molecule has 2 aromatic rings. The van der Waals surface area contributed by atoms with Crippen molar-refractivity contribution in [3.63, 3.8) is 0 Å². The zero-order chi connectivity index (χ0) is 8.55. The molecule has 0 radical (unpaired) electrons. The minimum Gasteiger partial charge on any atom is -0.332 e. The van der Waals surface area contributed by atoms with Gasteiger partial charge in [-0.2, -0.15) is 0 Å². The van der Waals surface area contributed by atoms with Gasteiger partial charge < -0.3 is 4.57 Å². The van der Waals surface area contributed by atoms with Gasteiger partial charge in [0.15, 0.2) is 5.65 Å². The van der Waals surface area contributed by atoms with Crippen LogP contribution in [0.1, 0.15) is 12.6 Å². The van der Waals surface area contributed by atoms with Crippen LogP contribution in [-0.4, -0.2) is 14.5 Å². The van der Waals surface area contributed by atoms with Gasteiger partial charge in [0.2, 0.25) is 0 Å².